The molecule has 0 saturated carbocycles. The van der Waals surface area contributed by atoms with E-state index in [1.54, 1.807) is 24.4 Å². The minimum absolute atomic E-state index is 0.384. The molecule has 4 rings (SSSR count). The summed E-state index contributed by atoms with van der Waals surface area (Å²) in [4.78, 5) is 15.8. The molecule has 0 aliphatic carbocycles. The molecule has 0 radical (unpaired) electrons. The number of hydrogen-bond donors (Lipinski definition) is 1. The monoisotopic (exact) mass is 449 g/mol. The zero-order valence-electron chi connectivity index (χ0n) is 14.3. The number of nitrogens with zero attached hydrogens (tertiary/aromatic N) is 2. The van der Waals surface area contributed by atoms with Crippen molar-refractivity contribution in [2.24, 2.45) is 0 Å². The number of aromatic nitrogens is 1. The van der Waals surface area contributed by atoms with Crippen LogP contribution in [0.15, 0.2) is 79.9 Å². The first-order valence-corrected chi connectivity index (χ1v) is 9.92. The average Bonchev–Trinajstić information content (AvgIpc) is 3.19. The van der Waals surface area contributed by atoms with E-state index in [-0.39, 0.29) is 5.63 Å². The predicted octanol–water partition coefficient (Wildman–Crippen LogP) is 5.66. The van der Waals surface area contributed by atoms with Crippen LogP contribution in [0.4, 0.5) is 5.69 Å². The fraction of sp³-hybridized carbons (Fsp3) is 0. The van der Waals surface area contributed by atoms with Gasteiger partial charge in [-0.05, 0) is 36.4 Å². The summed E-state index contributed by atoms with van der Waals surface area (Å²) in [6, 6.07) is 18.5. The molecule has 0 amide bonds. The Labute approximate surface area is 172 Å². The summed E-state index contributed by atoms with van der Waals surface area (Å²) in [6.07, 6.45) is 1.63. The topological polar surface area (TPSA) is 78.9 Å². The van der Waals surface area contributed by atoms with Crippen molar-refractivity contribution in [1.82, 2.24) is 4.98 Å². The fourth-order valence-corrected chi connectivity index (χ4v) is 3.67. The van der Waals surface area contributed by atoms with Gasteiger partial charge in [0.1, 0.15) is 22.2 Å². The molecule has 0 unspecified atom stereocenters. The van der Waals surface area contributed by atoms with Crippen LogP contribution in [0, 0.1) is 11.3 Å². The lowest BCUT2D eigenvalue weighted by Crippen LogP contribution is -1.95. The van der Waals surface area contributed by atoms with Crippen molar-refractivity contribution >= 4 is 49.5 Å². The van der Waals surface area contributed by atoms with Gasteiger partial charge in [0.25, 0.3) is 0 Å². The van der Waals surface area contributed by atoms with Crippen molar-refractivity contribution in [2.45, 2.75) is 0 Å². The van der Waals surface area contributed by atoms with E-state index in [1.807, 2.05) is 35.7 Å². The number of halogens is 1. The SMILES string of the molecule is N#C/C(=C\Nc1ccc2oc(=O)ccc2c1)c1nc(-c2ccc(Br)cc2)cs1. The Morgan fingerprint density at radius 3 is 2.79 bits per heavy atom. The molecule has 0 aliphatic rings. The third-order valence-corrected chi connectivity index (χ3v) is 5.40. The van der Waals surface area contributed by atoms with E-state index in [4.69, 9.17) is 4.42 Å². The Kier molecular flexibility index (Phi) is 5.06. The molecular weight excluding hydrogens is 438 g/mol. The second-order valence-corrected chi connectivity index (χ2v) is 7.64. The quantitative estimate of drug-likeness (QED) is 0.321. The molecule has 5 nitrogen and oxygen atoms in total. The molecule has 28 heavy (non-hydrogen) atoms. The van der Waals surface area contributed by atoms with Crippen LogP contribution < -0.4 is 10.9 Å². The lowest BCUT2D eigenvalue weighted by Gasteiger charge is -2.03. The first kappa shape index (κ1) is 18.2. The highest BCUT2D eigenvalue weighted by Gasteiger charge is 2.09. The van der Waals surface area contributed by atoms with E-state index in [0.717, 1.165) is 26.8 Å². The summed E-state index contributed by atoms with van der Waals surface area (Å²) < 4.78 is 6.13. The van der Waals surface area contributed by atoms with Gasteiger partial charge >= 0.3 is 5.63 Å². The Morgan fingerprint density at radius 1 is 1.18 bits per heavy atom. The van der Waals surface area contributed by atoms with E-state index in [9.17, 15) is 10.1 Å². The van der Waals surface area contributed by atoms with Crippen LogP contribution in [0.25, 0.3) is 27.8 Å². The van der Waals surface area contributed by atoms with Crippen molar-refractivity contribution < 1.29 is 4.42 Å². The first-order chi connectivity index (χ1) is 13.6. The summed E-state index contributed by atoms with van der Waals surface area (Å²) >= 11 is 4.84. The molecule has 2 aromatic carbocycles. The zero-order chi connectivity index (χ0) is 19.5. The maximum Gasteiger partial charge on any atom is 0.336 e. The number of rotatable bonds is 4. The minimum atomic E-state index is -0.384. The molecule has 0 bridgehead atoms. The highest BCUT2D eigenvalue weighted by atomic mass is 79.9. The molecule has 136 valence electrons. The van der Waals surface area contributed by atoms with Gasteiger partial charge in [-0.2, -0.15) is 5.26 Å². The van der Waals surface area contributed by atoms with Crippen molar-refractivity contribution in [3.63, 3.8) is 0 Å². The number of allylic oxidation sites excluding steroid dienone is 1. The normalized spacial score (nSPS) is 11.4. The minimum Gasteiger partial charge on any atom is -0.423 e. The van der Waals surface area contributed by atoms with Crippen LogP contribution in [-0.4, -0.2) is 4.98 Å². The number of nitrogens with one attached hydrogen (secondary N) is 1. The number of nitriles is 1. The lowest BCUT2D eigenvalue weighted by molar-refractivity contribution is 0.561. The number of benzene rings is 2. The largest absolute Gasteiger partial charge is 0.423 e. The first-order valence-electron chi connectivity index (χ1n) is 8.25. The van der Waals surface area contributed by atoms with Crippen LogP contribution in [-0.2, 0) is 0 Å². The predicted molar refractivity (Wildman–Crippen MR) is 115 cm³/mol. The van der Waals surface area contributed by atoms with Crippen LogP contribution in [0.2, 0.25) is 0 Å². The summed E-state index contributed by atoms with van der Waals surface area (Å²) in [5, 5.41) is 16.0. The second-order valence-electron chi connectivity index (χ2n) is 5.87. The van der Waals surface area contributed by atoms with Crippen molar-refractivity contribution in [2.75, 3.05) is 5.32 Å². The number of thiazole rings is 1. The molecule has 0 aliphatic heterocycles. The van der Waals surface area contributed by atoms with E-state index >= 15 is 0 Å². The Balaban J connectivity index is 1.58. The molecule has 2 heterocycles. The van der Waals surface area contributed by atoms with Gasteiger partial charge in [-0.3, -0.25) is 0 Å². The van der Waals surface area contributed by atoms with Crippen LogP contribution in [0.1, 0.15) is 5.01 Å². The Morgan fingerprint density at radius 2 is 2.00 bits per heavy atom. The zero-order valence-corrected chi connectivity index (χ0v) is 16.8. The van der Waals surface area contributed by atoms with Crippen LogP contribution >= 0.6 is 27.3 Å². The highest BCUT2D eigenvalue weighted by Crippen LogP contribution is 2.27. The number of hydrogen-bond acceptors (Lipinski definition) is 6. The number of fused-ring (bicyclic) bond motifs is 1. The lowest BCUT2D eigenvalue weighted by atomic mass is 10.2. The van der Waals surface area contributed by atoms with Crippen molar-refractivity contribution in [1.29, 1.82) is 5.26 Å². The van der Waals surface area contributed by atoms with Gasteiger partial charge in [0.2, 0.25) is 0 Å². The van der Waals surface area contributed by atoms with Gasteiger partial charge in [-0.15, -0.1) is 11.3 Å². The average molecular weight is 450 g/mol. The maximum atomic E-state index is 11.3. The summed E-state index contributed by atoms with van der Waals surface area (Å²) in [5.41, 5.74) is 3.17. The molecule has 4 aromatic rings. The fourth-order valence-electron chi connectivity index (χ4n) is 2.61. The molecule has 2 aromatic heterocycles. The van der Waals surface area contributed by atoms with Gasteiger partial charge in [0, 0.05) is 38.8 Å². The summed E-state index contributed by atoms with van der Waals surface area (Å²) in [6.45, 7) is 0. The maximum absolute atomic E-state index is 11.3. The highest BCUT2D eigenvalue weighted by molar-refractivity contribution is 9.10. The summed E-state index contributed by atoms with van der Waals surface area (Å²) in [5.74, 6) is 0. The van der Waals surface area contributed by atoms with Gasteiger partial charge in [-0.1, -0.05) is 28.1 Å². The third-order valence-electron chi connectivity index (χ3n) is 4.00. The molecule has 0 atom stereocenters. The second kappa shape index (κ2) is 7.80. The van der Waals surface area contributed by atoms with E-state index in [2.05, 4.69) is 32.3 Å². The van der Waals surface area contributed by atoms with Gasteiger partial charge < -0.3 is 9.73 Å². The summed E-state index contributed by atoms with van der Waals surface area (Å²) in [7, 11) is 0. The molecule has 0 spiro atoms. The number of anilines is 1. The van der Waals surface area contributed by atoms with Gasteiger partial charge in [0.05, 0.1) is 5.69 Å². The molecule has 0 fully saturated rings. The Bertz CT molecular complexity index is 1280. The standard InChI is InChI=1S/C21H12BrN3O2S/c22-16-4-1-13(2-5-16)18-12-28-21(25-18)15(10-23)11-24-17-6-7-19-14(9-17)3-8-20(26)27-19/h1-9,11-12,24H/b15-11+. The van der Waals surface area contributed by atoms with Crippen molar-refractivity contribution in [3.8, 4) is 17.3 Å². The van der Waals surface area contributed by atoms with Crippen LogP contribution in [0.5, 0.6) is 0 Å². The van der Waals surface area contributed by atoms with E-state index < -0.39 is 0 Å². The van der Waals surface area contributed by atoms with E-state index in [1.165, 1.54) is 17.4 Å². The van der Waals surface area contributed by atoms with Crippen molar-refractivity contribution in [3.05, 3.63) is 86.1 Å². The van der Waals surface area contributed by atoms with Crippen LogP contribution in [0.3, 0.4) is 0 Å². The molecular formula is C21H12BrN3O2S. The van der Waals surface area contributed by atoms with Gasteiger partial charge in [0.15, 0.2) is 0 Å². The smallest absolute Gasteiger partial charge is 0.336 e. The third kappa shape index (κ3) is 3.88. The Hall–Kier alpha value is -3.21. The van der Waals surface area contributed by atoms with E-state index in [0.29, 0.717) is 16.2 Å². The molecule has 1 N–H and O–H groups in total. The molecule has 7 heteroatoms. The molecule has 0 saturated heterocycles. The van der Waals surface area contributed by atoms with Gasteiger partial charge in [-0.25, -0.2) is 9.78 Å².